The lowest BCUT2D eigenvalue weighted by Gasteiger charge is -2.39. The minimum Gasteiger partial charge on any atom is -0.494 e. The first-order valence-corrected chi connectivity index (χ1v) is 9.57. The van der Waals surface area contributed by atoms with E-state index < -0.39 is 4.92 Å². The highest BCUT2D eigenvalue weighted by Gasteiger charge is 2.31. The van der Waals surface area contributed by atoms with Gasteiger partial charge in [0.2, 0.25) is 0 Å². The Balaban J connectivity index is 1.91. The number of non-ortho nitro benzene ring substituents is 1. The van der Waals surface area contributed by atoms with Crippen LogP contribution in [0.3, 0.4) is 0 Å². The van der Waals surface area contributed by atoms with E-state index >= 15 is 0 Å². The lowest BCUT2D eigenvalue weighted by Crippen LogP contribution is -2.41. The highest BCUT2D eigenvalue weighted by molar-refractivity contribution is 7.80. The number of nitro groups is 1. The van der Waals surface area contributed by atoms with Crippen molar-refractivity contribution in [2.75, 3.05) is 12.4 Å². The van der Waals surface area contributed by atoms with Crippen LogP contribution >= 0.6 is 12.2 Å². The Morgan fingerprint density at radius 3 is 2.54 bits per heavy atom. The van der Waals surface area contributed by atoms with Crippen LogP contribution in [0.25, 0.3) is 0 Å². The highest BCUT2D eigenvalue weighted by atomic mass is 32.1. The minimum atomic E-state index is -0.445. The largest absolute Gasteiger partial charge is 0.494 e. The van der Waals surface area contributed by atoms with Crippen LogP contribution in [-0.4, -0.2) is 23.2 Å². The fraction of sp³-hybridized carbons (Fsp3) is 0.632. The quantitative estimate of drug-likeness (QED) is 0.416. The van der Waals surface area contributed by atoms with Crippen molar-refractivity contribution in [3.63, 3.8) is 0 Å². The summed E-state index contributed by atoms with van der Waals surface area (Å²) in [5.74, 6) is 1.17. The first kappa shape index (κ1) is 20.4. The Kier molecular flexibility index (Phi) is 6.81. The van der Waals surface area contributed by atoms with Gasteiger partial charge >= 0.3 is 0 Å². The number of anilines is 1. The van der Waals surface area contributed by atoms with Gasteiger partial charge < -0.3 is 15.4 Å². The van der Waals surface area contributed by atoms with Gasteiger partial charge in [-0.05, 0) is 55.3 Å². The van der Waals surface area contributed by atoms with Crippen LogP contribution in [0.5, 0.6) is 5.75 Å². The zero-order valence-electron chi connectivity index (χ0n) is 16.0. The Labute approximate surface area is 160 Å². The second kappa shape index (κ2) is 8.66. The molecule has 0 radical (unpaired) electrons. The van der Waals surface area contributed by atoms with E-state index in [0.717, 1.165) is 18.8 Å². The van der Waals surface area contributed by atoms with E-state index in [4.69, 9.17) is 17.0 Å². The summed E-state index contributed by atoms with van der Waals surface area (Å²) in [5.41, 5.74) is 1.01. The lowest BCUT2D eigenvalue weighted by atomic mass is 9.69. The molecular weight excluding hydrogens is 350 g/mol. The third-order valence-corrected chi connectivity index (χ3v) is 5.94. The molecule has 1 aliphatic rings. The van der Waals surface area contributed by atoms with Gasteiger partial charge in [0.25, 0.3) is 5.69 Å². The van der Waals surface area contributed by atoms with Crippen LogP contribution in [0.15, 0.2) is 18.2 Å². The first-order valence-electron chi connectivity index (χ1n) is 9.16. The normalized spacial score (nSPS) is 20.3. The number of ether oxygens (including phenoxy) is 1. The van der Waals surface area contributed by atoms with Crippen molar-refractivity contribution >= 4 is 28.7 Å². The molecule has 144 valence electrons. The number of methoxy groups -OCH3 is 1. The van der Waals surface area contributed by atoms with E-state index in [1.165, 1.54) is 38.5 Å². The van der Waals surface area contributed by atoms with Gasteiger partial charge in [0, 0.05) is 12.1 Å². The van der Waals surface area contributed by atoms with Gasteiger partial charge in [0.1, 0.15) is 5.75 Å². The van der Waals surface area contributed by atoms with Gasteiger partial charge in [-0.25, -0.2) is 0 Å². The number of nitrogens with zero attached hydrogens (tertiary/aromatic N) is 1. The first-order chi connectivity index (χ1) is 12.3. The molecule has 1 aromatic carbocycles. The summed E-state index contributed by atoms with van der Waals surface area (Å²) in [4.78, 5) is 10.4. The molecule has 1 aliphatic carbocycles. The number of hydrogen-bond donors (Lipinski definition) is 2. The van der Waals surface area contributed by atoms with Crippen molar-refractivity contribution in [2.24, 2.45) is 11.3 Å². The predicted octanol–water partition coefficient (Wildman–Crippen LogP) is 4.88. The summed E-state index contributed by atoms with van der Waals surface area (Å²) in [6.07, 6.45) is 5.83. The summed E-state index contributed by atoms with van der Waals surface area (Å²) in [5, 5.41) is 17.9. The number of hydrogen-bond acceptors (Lipinski definition) is 4. The van der Waals surface area contributed by atoms with Crippen molar-refractivity contribution in [1.29, 1.82) is 0 Å². The molecule has 26 heavy (non-hydrogen) atoms. The van der Waals surface area contributed by atoms with Crippen LogP contribution < -0.4 is 15.4 Å². The van der Waals surface area contributed by atoms with Crippen molar-refractivity contribution in [3.05, 3.63) is 28.3 Å². The maximum Gasteiger partial charge on any atom is 0.273 e. The monoisotopic (exact) mass is 379 g/mol. The van der Waals surface area contributed by atoms with Gasteiger partial charge in [-0.15, -0.1) is 0 Å². The summed E-state index contributed by atoms with van der Waals surface area (Å²) in [6.45, 7) is 6.98. The van der Waals surface area contributed by atoms with E-state index in [1.54, 1.807) is 6.07 Å². The second-order valence-electron chi connectivity index (χ2n) is 7.63. The average Bonchev–Trinajstić information content (AvgIpc) is 2.62. The number of benzene rings is 1. The molecule has 1 aromatic rings. The Bertz CT molecular complexity index is 655. The molecule has 0 saturated heterocycles. The Hall–Kier alpha value is -1.89. The Morgan fingerprint density at radius 2 is 2.00 bits per heavy atom. The van der Waals surface area contributed by atoms with Crippen LogP contribution in [-0.2, 0) is 0 Å². The van der Waals surface area contributed by atoms with Crippen molar-refractivity contribution in [1.82, 2.24) is 5.32 Å². The van der Waals surface area contributed by atoms with Crippen molar-refractivity contribution < 1.29 is 9.66 Å². The molecule has 1 fully saturated rings. The molecular formula is C19H29N3O3S. The zero-order chi connectivity index (χ0) is 19.3. The molecule has 7 heteroatoms. The number of thiocarbonyl (C=S) groups is 1. The fourth-order valence-corrected chi connectivity index (χ4v) is 3.83. The molecule has 1 saturated carbocycles. The summed E-state index contributed by atoms with van der Waals surface area (Å²) >= 11 is 5.42. The number of rotatable bonds is 6. The van der Waals surface area contributed by atoms with Crippen molar-refractivity contribution in [3.8, 4) is 5.75 Å². The predicted molar refractivity (Wildman–Crippen MR) is 109 cm³/mol. The SMILES string of the molecule is CCC(C)(C)C1CCC(NC(=S)Nc2ccc([N+](=O)[O-])cc2OC)CC1. The molecule has 0 bridgehead atoms. The molecule has 0 aliphatic heterocycles. The Morgan fingerprint density at radius 1 is 1.35 bits per heavy atom. The molecule has 0 spiro atoms. The molecule has 2 N–H and O–H groups in total. The van der Waals surface area contributed by atoms with Gasteiger partial charge in [-0.2, -0.15) is 0 Å². The van der Waals surface area contributed by atoms with Gasteiger partial charge in [-0.1, -0.05) is 27.2 Å². The average molecular weight is 380 g/mol. The van der Waals surface area contributed by atoms with E-state index in [-0.39, 0.29) is 5.69 Å². The van der Waals surface area contributed by atoms with E-state index in [0.29, 0.717) is 28.0 Å². The summed E-state index contributed by atoms with van der Waals surface area (Å²) in [7, 11) is 1.48. The van der Waals surface area contributed by atoms with Gasteiger partial charge in [-0.3, -0.25) is 10.1 Å². The lowest BCUT2D eigenvalue weighted by molar-refractivity contribution is -0.384. The van der Waals surface area contributed by atoms with Crippen molar-refractivity contribution in [2.45, 2.75) is 58.9 Å². The number of nitro benzene ring substituents is 1. The summed E-state index contributed by atoms with van der Waals surface area (Å²) < 4.78 is 5.24. The van der Waals surface area contributed by atoms with Gasteiger partial charge in [0.15, 0.2) is 5.11 Å². The van der Waals surface area contributed by atoms with E-state index in [9.17, 15) is 10.1 Å². The highest BCUT2D eigenvalue weighted by Crippen LogP contribution is 2.40. The standard InChI is InChI=1S/C19H29N3O3S/c1-5-19(2,3)13-6-8-14(9-7-13)20-18(26)21-16-11-10-15(22(23)24)12-17(16)25-4/h10-14H,5-9H2,1-4H3,(H2,20,21,26). The second-order valence-corrected chi connectivity index (χ2v) is 8.04. The summed E-state index contributed by atoms with van der Waals surface area (Å²) in [6, 6.07) is 4.81. The molecule has 0 aromatic heterocycles. The molecule has 0 heterocycles. The van der Waals surface area contributed by atoms with Crippen LogP contribution in [0.1, 0.15) is 52.9 Å². The van der Waals surface area contributed by atoms with E-state index in [2.05, 4.69) is 31.4 Å². The molecule has 0 amide bonds. The molecule has 0 unspecified atom stereocenters. The van der Waals surface area contributed by atoms with Gasteiger partial charge in [0.05, 0.1) is 23.8 Å². The zero-order valence-corrected chi connectivity index (χ0v) is 16.8. The molecule has 6 nitrogen and oxygen atoms in total. The molecule has 0 atom stereocenters. The third-order valence-electron chi connectivity index (χ3n) is 5.72. The fourth-order valence-electron chi connectivity index (χ4n) is 3.55. The maximum atomic E-state index is 10.9. The van der Waals surface area contributed by atoms with E-state index in [1.807, 2.05) is 0 Å². The topological polar surface area (TPSA) is 76.4 Å². The smallest absolute Gasteiger partial charge is 0.273 e. The van der Waals surface area contributed by atoms with Crippen LogP contribution in [0.2, 0.25) is 0 Å². The van der Waals surface area contributed by atoms with Crippen LogP contribution in [0, 0.1) is 21.4 Å². The minimum absolute atomic E-state index is 0.0110. The maximum absolute atomic E-state index is 10.9. The number of nitrogens with one attached hydrogen (secondary N) is 2. The molecule has 2 rings (SSSR count). The van der Waals surface area contributed by atoms with Crippen LogP contribution in [0.4, 0.5) is 11.4 Å². The third kappa shape index (κ3) is 5.06.